The molecule has 0 saturated heterocycles. The fourth-order valence-corrected chi connectivity index (χ4v) is 1.60. The summed E-state index contributed by atoms with van der Waals surface area (Å²) in [6.45, 7) is 2.67. The van der Waals surface area contributed by atoms with E-state index in [9.17, 15) is 5.11 Å². The SMILES string of the molecule is CN(C)CCCCNCc1ccc(O)cc1O. The monoisotopic (exact) mass is 238 g/mol. The third-order valence-corrected chi connectivity index (χ3v) is 2.59. The van der Waals surface area contributed by atoms with Gasteiger partial charge in [-0.1, -0.05) is 6.07 Å². The van der Waals surface area contributed by atoms with Crippen LogP contribution in [0.3, 0.4) is 0 Å². The maximum absolute atomic E-state index is 9.56. The zero-order chi connectivity index (χ0) is 12.7. The average Bonchev–Trinajstić information content (AvgIpc) is 2.25. The highest BCUT2D eigenvalue weighted by molar-refractivity contribution is 5.38. The van der Waals surface area contributed by atoms with Crippen LogP contribution in [-0.4, -0.2) is 42.3 Å². The Bertz CT molecular complexity index is 340. The van der Waals surface area contributed by atoms with E-state index in [1.807, 2.05) is 0 Å². The van der Waals surface area contributed by atoms with Crippen LogP contribution in [0.15, 0.2) is 18.2 Å². The highest BCUT2D eigenvalue weighted by Crippen LogP contribution is 2.22. The highest BCUT2D eigenvalue weighted by Gasteiger charge is 2.01. The molecular formula is C13H22N2O2. The van der Waals surface area contributed by atoms with Gasteiger partial charge in [0.25, 0.3) is 0 Å². The largest absolute Gasteiger partial charge is 0.508 e. The number of nitrogens with zero attached hydrogens (tertiary/aromatic N) is 1. The van der Waals surface area contributed by atoms with E-state index in [-0.39, 0.29) is 11.5 Å². The molecule has 0 aliphatic rings. The molecule has 0 aliphatic heterocycles. The number of unbranched alkanes of at least 4 members (excludes halogenated alkanes) is 1. The van der Waals surface area contributed by atoms with Crippen molar-refractivity contribution >= 4 is 0 Å². The summed E-state index contributed by atoms with van der Waals surface area (Å²) >= 11 is 0. The quantitative estimate of drug-likeness (QED) is 0.631. The first-order valence-corrected chi connectivity index (χ1v) is 5.96. The van der Waals surface area contributed by atoms with Crippen LogP contribution < -0.4 is 5.32 Å². The predicted molar refractivity (Wildman–Crippen MR) is 69.3 cm³/mol. The minimum atomic E-state index is 0.0947. The van der Waals surface area contributed by atoms with E-state index in [1.54, 1.807) is 12.1 Å². The van der Waals surface area contributed by atoms with Crippen LogP contribution in [-0.2, 0) is 6.54 Å². The predicted octanol–water partition coefficient (Wildman–Crippen LogP) is 1.53. The molecule has 0 heterocycles. The Labute approximate surface area is 103 Å². The van der Waals surface area contributed by atoms with Crippen molar-refractivity contribution in [2.24, 2.45) is 0 Å². The second kappa shape index (κ2) is 7.14. The molecule has 1 aromatic carbocycles. The average molecular weight is 238 g/mol. The lowest BCUT2D eigenvalue weighted by Gasteiger charge is -2.10. The standard InChI is InChI=1S/C13H22N2O2/c1-15(2)8-4-3-7-14-10-11-5-6-12(16)9-13(11)17/h5-6,9,14,16-17H,3-4,7-8,10H2,1-2H3. The first-order chi connectivity index (χ1) is 8.09. The van der Waals surface area contributed by atoms with Gasteiger partial charge in [-0.15, -0.1) is 0 Å². The molecule has 0 saturated carbocycles. The fourth-order valence-electron chi connectivity index (χ4n) is 1.60. The normalized spacial score (nSPS) is 11.0. The molecule has 0 radical (unpaired) electrons. The molecule has 0 unspecified atom stereocenters. The van der Waals surface area contributed by atoms with Gasteiger partial charge in [0.1, 0.15) is 11.5 Å². The van der Waals surface area contributed by atoms with E-state index in [0.29, 0.717) is 6.54 Å². The van der Waals surface area contributed by atoms with Gasteiger partial charge in [0.05, 0.1) is 0 Å². The van der Waals surface area contributed by atoms with Crippen molar-refractivity contribution < 1.29 is 10.2 Å². The maximum Gasteiger partial charge on any atom is 0.123 e. The number of phenolic OH excluding ortho intramolecular Hbond substituents is 2. The molecule has 0 bridgehead atoms. The van der Waals surface area contributed by atoms with Crippen molar-refractivity contribution in [3.8, 4) is 11.5 Å². The summed E-state index contributed by atoms with van der Waals surface area (Å²) in [4.78, 5) is 2.17. The number of hydrogen-bond acceptors (Lipinski definition) is 4. The number of hydrogen-bond donors (Lipinski definition) is 3. The molecule has 17 heavy (non-hydrogen) atoms. The van der Waals surface area contributed by atoms with Gasteiger partial charge in [-0.3, -0.25) is 0 Å². The molecule has 1 rings (SSSR count). The summed E-state index contributed by atoms with van der Waals surface area (Å²) in [6, 6.07) is 4.68. The maximum atomic E-state index is 9.56. The third-order valence-electron chi connectivity index (χ3n) is 2.59. The summed E-state index contributed by atoms with van der Waals surface area (Å²) in [7, 11) is 4.14. The van der Waals surface area contributed by atoms with Crippen molar-refractivity contribution in [3.63, 3.8) is 0 Å². The van der Waals surface area contributed by atoms with Gasteiger partial charge in [0, 0.05) is 18.2 Å². The number of benzene rings is 1. The molecule has 96 valence electrons. The van der Waals surface area contributed by atoms with Crippen molar-refractivity contribution in [3.05, 3.63) is 23.8 Å². The molecule has 1 aromatic rings. The molecule has 3 N–H and O–H groups in total. The van der Waals surface area contributed by atoms with Crippen LogP contribution in [0.5, 0.6) is 11.5 Å². The van der Waals surface area contributed by atoms with Crippen LogP contribution >= 0.6 is 0 Å². The summed E-state index contributed by atoms with van der Waals surface area (Å²) < 4.78 is 0. The zero-order valence-corrected chi connectivity index (χ0v) is 10.6. The van der Waals surface area contributed by atoms with E-state index < -0.39 is 0 Å². The Kier molecular flexibility index (Phi) is 5.80. The van der Waals surface area contributed by atoms with E-state index in [4.69, 9.17) is 5.11 Å². The Balaban J connectivity index is 2.18. The van der Waals surface area contributed by atoms with E-state index in [2.05, 4.69) is 24.3 Å². The lowest BCUT2D eigenvalue weighted by Crippen LogP contribution is -2.18. The van der Waals surface area contributed by atoms with Gasteiger partial charge >= 0.3 is 0 Å². The van der Waals surface area contributed by atoms with E-state index >= 15 is 0 Å². The van der Waals surface area contributed by atoms with Crippen LogP contribution in [0.2, 0.25) is 0 Å². The fraction of sp³-hybridized carbons (Fsp3) is 0.538. The van der Waals surface area contributed by atoms with Gasteiger partial charge in [-0.2, -0.15) is 0 Å². The number of aromatic hydroxyl groups is 2. The van der Waals surface area contributed by atoms with Crippen LogP contribution in [0, 0.1) is 0 Å². The van der Waals surface area contributed by atoms with E-state index in [1.165, 1.54) is 12.5 Å². The summed E-state index contributed by atoms with van der Waals surface area (Å²) in [5, 5.41) is 22.0. The molecule has 0 aliphatic carbocycles. The van der Waals surface area contributed by atoms with Crippen LogP contribution in [0.4, 0.5) is 0 Å². The Morgan fingerprint density at radius 3 is 2.59 bits per heavy atom. The summed E-state index contributed by atoms with van der Waals surface area (Å²) in [5.41, 5.74) is 0.815. The Morgan fingerprint density at radius 2 is 1.94 bits per heavy atom. The number of rotatable bonds is 7. The lowest BCUT2D eigenvalue weighted by atomic mass is 10.2. The molecule has 4 nitrogen and oxygen atoms in total. The van der Waals surface area contributed by atoms with Gasteiger partial charge in [0.15, 0.2) is 0 Å². The molecule has 0 atom stereocenters. The first-order valence-electron chi connectivity index (χ1n) is 5.96. The number of nitrogens with one attached hydrogen (secondary N) is 1. The van der Waals surface area contributed by atoms with Gasteiger partial charge in [-0.05, 0) is 46.1 Å². The minimum absolute atomic E-state index is 0.0947. The molecule has 0 fully saturated rings. The van der Waals surface area contributed by atoms with Crippen LogP contribution in [0.1, 0.15) is 18.4 Å². The van der Waals surface area contributed by atoms with Crippen molar-refractivity contribution in [2.45, 2.75) is 19.4 Å². The Hall–Kier alpha value is -1.26. The van der Waals surface area contributed by atoms with Gasteiger partial charge in [-0.25, -0.2) is 0 Å². The smallest absolute Gasteiger partial charge is 0.123 e. The van der Waals surface area contributed by atoms with Gasteiger partial charge in [0.2, 0.25) is 0 Å². The second-order valence-electron chi connectivity index (χ2n) is 4.50. The number of phenols is 2. The zero-order valence-electron chi connectivity index (χ0n) is 10.6. The molecule has 0 aromatic heterocycles. The van der Waals surface area contributed by atoms with Crippen molar-refractivity contribution in [1.82, 2.24) is 10.2 Å². The Morgan fingerprint density at radius 1 is 1.18 bits per heavy atom. The lowest BCUT2D eigenvalue weighted by molar-refractivity contribution is 0.391. The van der Waals surface area contributed by atoms with Crippen molar-refractivity contribution in [1.29, 1.82) is 0 Å². The third kappa shape index (κ3) is 5.56. The molecular weight excluding hydrogens is 216 g/mol. The van der Waals surface area contributed by atoms with Crippen molar-refractivity contribution in [2.75, 3.05) is 27.2 Å². The molecule has 4 heteroatoms. The minimum Gasteiger partial charge on any atom is -0.508 e. The molecule has 0 amide bonds. The topological polar surface area (TPSA) is 55.7 Å². The van der Waals surface area contributed by atoms with Gasteiger partial charge < -0.3 is 20.4 Å². The summed E-state index contributed by atoms with van der Waals surface area (Å²) in [5.74, 6) is 0.239. The second-order valence-corrected chi connectivity index (χ2v) is 4.50. The first kappa shape index (κ1) is 13.8. The van der Waals surface area contributed by atoms with Crippen LogP contribution in [0.25, 0.3) is 0 Å². The summed E-state index contributed by atoms with van der Waals surface area (Å²) in [6.07, 6.45) is 2.29. The van der Waals surface area contributed by atoms with E-state index in [0.717, 1.165) is 25.1 Å². The highest BCUT2D eigenvalue weighted by atomic mass is 16.3. The molecule has 0 spiro atoms.